The van der Waals surface area contributed by atoms with Crippen LogP contribution in [0.1, 0.15) is 54.5 Å². The summed E-state index contributed by atoms with van der Waals surface area (Å²) < 4.78 is 0. The van der Waals surface area contributed by atoms with Crippen molar-refractivity contribution in [3.05, 3.63) is 125 Å². The lowest BCUT2D eigenvalue weighted by Crippen LogP contribution is -2.18. The van der Waals surface area contributed by atoms with Gasteiger partial charge >= 0.3 is 0 Å². The van der Waals surface area contributed by atoms with Gasteiger partial charge in [-0.1, -0.05) is 93.1 Å². The third-order valence-corrected chi connectivity index (χ3v) is 6.13. The van der Waals surface area contributed by atoms with Crippen LogP contribution in [0.2, 0.25) is 0 Å². The fraction of sp³-hybridized carbons (Fsp3) is 0.200. The van der Waals surface area contributed by atoms with E-state index < -0.39 is 0 Å². The molecular weight excluding hydrogens is 408 g/mol. The molecule has 0 fully saturated rings. The minimum absolute atomic E-state index is 0.151. The standard InChI is InChI=1S/C15H16O2.C15H16O/c1-15(2,11-3-7-13(16)8-4-11)12-5-9-14(17)10-6-12;1-11-8-9-15(16)14(10-11)12(2)13-6-4-3-5-7-13/h3-10,16-17H,1-2H3;3-10,12,16H,1-2H3. The van der Waals surface area contributed by atoms with Gasteiger partial charge in [-0.15, -0.1) is 0 Å². The van der Waals surface area contributed by atoms with Crippen molar-refractivity contribution in [3.63, 3.8) is 0 Å². The molecule has 0 aliphatic carbocycles. The van der Waals surface area contributed by atoms with Crippen molar-refractivity contribution in [3.8, 4) is 17.2 Å². The number of phenols is 3. The molecule has 0 bridgehead atoms. The van der Waals surface area contributed by atoms with Gasteiger partial charge in [0.2, 0.25) is 0 Å². The highest BCUT2D eigenvalue weighted by Gasteiger charge is 2.22. The molecule has 4 aromatic rings. The molecule has 0 aromatic heterocycles. The predicted molar refractivity (Wildman–Crippen MR) is 135 cm³/mol. The van der Waals surface area contributed by atoms with Crippen LogP contribution in [0, 0.1) is 6.92 Å². The van der Waals surface area contributed by atoms with Gasteiger partial charge in [-0.25, -0.2) is 0 Å². The molecule has 0 saturated heterocycles. The first-order valence-electron chi connectivity index (χ1n) is 11.1. The normalized spacial score (nSPS) is 11.9. The van der Waals surface area contributed by atoms with Gasteiger partial charge in [0.15, 0.2) is 0 Å². The van der Waals surface area contributed by atoms with Crippen molar-refractivity contribution in [2.24, 2.45) is 0 Å². The van der Waals surface area contributed by atoms with E-state index >= 15 is 0 Å². The van der Waals surface area contributed by atoms with Crippen LogP contribution in [0.5, 0.6) is 17.2 Å². The van der Waals surface area contributed by atoms with E-state index in [-0.39, 0.29) is 22.8 Å². The molecule has 0 aliphatic rings. The minimum Gasteiger partial charge on any atom is -0.508 e. The van der Waals surface area contributed by atoms with Crippen molar-refractivity contribution in [2.45, 2.75) is 39.0 Å². The van der Waals surface area contributed by atoms with E-state index in [4.69, 9.17) is 0 Å². The maximum atomic E-state index is 9.87. The highest BCUT2D eigenvalue weighted by Crippen LogP contribution is 2.33. The molecule has 0 heterocycles. The second kappa shape index (κ2) is 10.3. The Kier molecular flexibility index (Phi) is 7.44. The van der Waals surface area contributed by atoms with E-state index in [1.54, 1.807) is 30.3 Å². The predicted octanol–water partition coefficient (Wildman–Crippen LogP) is 7.28. The van der Waals surface area contributed by atoms with Gasteiger partial charge in [0.05, 0.1) is 0 Å². The topological polar surface area (TPSA) is 60.7 Å². The van der Waals surface area contributed by atoms with E-state index in [0.717, 1.165) is 16.7 Å². The van der Waals surface area contributed by atoms with Crippen LogP contribution in [-0.4, -0.2) is 15.3 Å². The van der Waals surface area contributed by atoms with Gasteiger partial charge in [0.1, 0.15) is 17.2 Å². The van der Waals surface area contributed by atoms with Crippen LogP contribution in [0.15, 0.2) is 97.1 Å². The van der Waals surface area contributed by atoms with Crippen LogP contribution < -0.4 is 0 Å². The summed E-state index contributed by atoms with van der Waals surface area (Å²) >= 11 is 0. The lowest BCUT2D eigenvalue weighted by Gasteiger charge is -2.26. The zero-order valence-corrected chi connectivity index (χ0v) is 19.7. The number of hydrogen-bond donors (Lipinski definition) is 3. The van der Waals surface area contributed by atoms with Gasteiger partial charge in [0, 0.05) is 16.9 Å². The lowest BCUT2D eigenvalue weighted by atomic mass is 9.78. The summed E-state index contributed by atoms with van der Waals surface area (Å²) in [5.74, 6) is 1.15. The second-order valence-corrected chi connectivity index (χ2v) is 8.91. The Morgan fingerprint density at radius 2 is 1.12 bits per heavy atom. The largest absolute Gasteiger partial charge is 0.508 e. The first-order chi connectivity index (χ1) is 15.7. The molecule has 0 radical (unpaired) electrons. The molecule has 4 aromatic carbocycles. The van der Waals surface area contributed by atoms with Crippen molar-refractivity contribution in [1.82, 2.24) is 0 Å². The maximum absolute atomic E-state index is 9.87. The third kappa shape index (κ3) is 5.95. The Bertz CT molecular complexity index is 1110. The summed E-state index contributed by atoms with van der Waals surface area (Å²) in [4.78, 5) is 0. The SMILES string of the molecule is CC(C)(c1ccc(O)cc1)c1ccc(O)cc1.Cc1ccc(O)c(C(C)c2ccccc2)c1. The molecule has 4 rings (SSSR count). The fourth-order valence-corrected chi connectivity index (χ4v) is 3.86. The van der Waals surface area contributed by atoms with E-state index in [9.17, 15) is 15.3 Å². The van der Waals surface area contributed by atoms with Crippen LogP contribution >= 0.6 is 0 Å². The first-order valence-corrected chi connectivity index (χ1v) is 11.1. The summed E-state index contributed by atoms with van der Waals surface area (Å²) in [6, 6.07) is 30.4. The Hall–Kier alpha value is -3.72. The molecular formula is C30H32O3. The molecule has 0 saturated carbocycles. The molecule has 3 nitrogen and oxygen atoms in total. The third-order valence-electron chi connectivity index (χ3n) is 6.13. The van der Waals surface area contributed by atoms with Crippen molar-refractivity contribution in [2.75, 3.05) is 0 Å². The summed E-state index contributed by atoms with van der Waals surface area (Å²) in [6.45, 7) is 8.39. The smallest absolute Gasteiger partial charge is 0.119 e. The summed E-state index contributed by atoms with van der Waals surface area (Å²) in [5, 5.41) is 28.5. The molecule has 33 heavy (non-hydrogen) atoms. The van der Waals surface area contributed by atoms with Crippen LogP contribution in [0.3, 0.4) is 0 Å². The Morgan fingerprint density at radius 3 is 1.61 bits per heavy atom. The lowest BCUT2D eigenvalue weighted by molar-refractivity contribution is 0.466. The van der Waals surface area contributed by atoms with Crippen molar-refractivity contribution < 1.29 is 15.3 Å². The Labute approximate surface area is 196 Å². The molecule has 1 unspecified atom stereocenters. The van der Waals surface area contributed by atoms with Crippen LogP contribution in [0.25, 0.3) is 0 Å². The quantitative estimate of drug-likeness (QED) is 0.312. The van der Waals surface area contributed by atoms with Crippen molar-refractivity contribution >= 4 is 0 Å². The molecule has 0 spiro atoms. The molecule has 3 heteroatoms. The molecule has 0 aliphatic heterocycles. The van der Waals surface area contributed by atoms with Gasteiger partial charge in [-0.3, -0.25) is 0 Å². The second-order valence-electron chi connectivity index (χ2n) is 8.91. The van der Waals surface area contributed by atoms with Crippen LogP contribution in [0.4, 0.5) is 0 Å². The van der Waals surface area contributed by atoms with E-state index in [1.165, 1.54) is 11.1 Å². The molecule has 3 N–H and O–H groups in total. The summed E-state index contributed by atoms with van der Waals surface area (Å²) in [6.07, 6.45) is 0. The van der Waals surface area contributed by atoms with E-state index in [1.807, 2.05) is 61.5 Å². The van der Waals surface area contributed by atoms with E-state index in [2.05, 4.69) is 32.9 Å². The Morgan fingerprint density at radius 1 is 0.636 bits per heavy atom. The van der Waals surface area contributed by atoms with Gasteiger partial charge in [-0.2, -0.15) is 0 Å². The number of aromatic hydroxyl groups is 3. The van der Waals surface area contributed by atoms with Gasteiger partial charge in [0.25, 0.3) is 0 Å². The van der Waals surface area contributed by atoms with Gasteiger partial charge in [-0.05, 0) is 53.9 Å². The monoisotopic (exact) mass is 440 g/mol. The number of benzene rings is 4. The van der Waals surface area contributed by atoms with Crippen molar-refractivity contribution in [1.29, 1.82) is 0 Å². The number of rotatable bonds is 4. The highest BCUT2D eigenvalue weighted by molar-refractivity contribution is 5.43. The zero-order valence-electron chi connectivity index (χ0n) is 19.7. The van der Waals surface area contributed by atoms with Gasteiger partial charge < -0.3 is 15.3 Å². The highest BCUT2D eigenvalue weighted by atomic mass is 16.3. The number of aryl methyl sites for hydroxylation is 1. The molecule has 0 amide bonds. The molecule has 170 valence electrons. The first kappa shape index (κ1) is 23.9. The maximum Gasteiger partial charge on any atom is 0.119 e. The Balaban J connectivity index is 0.000000186. The number of hydrogen-bond acceptors (Lipinski definition) is 3. The summed E-state index contributed by atoms with van der Waals surface area (Å²) in [5.41, 5.74) is 5.49. The average Bonchev–Trinajstić information content (AvgIpc) is 2.82. The fourth-order valence-electron chi connectivity index (χ4n) is 3.86. The minimum atomic E-state index is -0.151. The average molecular weight is 441 g/mol. The number of phenolic OH excluding ortho intramolecular Hbond substituents is 3. The van der Waals surface area contributed by atoms with Crippen LogP contribution in [-0.2, 0) is 5.41 Å². The molecule has 1 atom stereocenters. The zero-order chi connectivity index (χ0) is 24.0. The summed E-state index contributed by atoms with van der Waals surface area (Å²) in [7, 11) is 0. The van der Waals surface area contributed by atoms with E-state index in [0.29, 0.717) is 5.75 Å².